The van der Waals surface area contributed by atoms with E-state index in [1.54, 1.807) is 0 Å². The van der Waals surface area contributed by atoms with E-state index in [-0.39, 0.29) is 0 Å². The smallest absolute Gasteiger partial charge is 0.130 e. The minimum atomic E-state index is 0.375. The van der Waals surface area contributed by atoms with Gasteiger partial charge in [0.15, 0.2) is 0 Å². The summed E-state index contributed by atoms with van der Waals surface area (Å²) in [4.78, 5) is 4.74. The van der Waals surface area contributed by atoms with Crippen LogP contribution in [0.5, 0.6) is 11.5 Å². The predicted molar refractivity (Wildman–Crippen MR) is 74.7 cm³/mol. The van der Waals surface area contributed by atoms with Gasteiger partial charge in [-0.05, 0) is 31.5 Å². The summed E-state index contributed by atoms with van der Waals surface area (Å²) in [6.45, 7) is 5.86. The van der Waals surface area contributed by atoms with Crippen LogP contribution in [-0.4, -0.2) is 54.7 Å². The molecule has 0 radical (unpaired) electrons. The van der Waals surface area contributed by atoms with Crippen molar-refractivity contribution in [1.82, 2.24) is 9.80 Å². The lowest BCUT2D eigenvalue weighted by Crippen LogP contribution is -2.44. The van der Waals surface area contributed by atoms with E-state index in [2.05, 4.69) is 16.8 Å². The standard InChI is InChI=1S/C15H22N2O2/c1-16-6-8-17(9-7-16)11-13-14(18)5-4-12-3-2-10-19-15(12)13/h4-5,18H,2-3,6-11H2,1H3. The van der Waals surface area contributed by atoms with E-state index in [1.807, 2.05) is 12.1 Å². The molecule has 1 aromatic rings. The molecule has 3 rings (SSSR count). The first-order valence-electron chi connectivity index (χ1n) is 7.11. The summed E-state index contributed by atoms with van der Waals surface area (Å²) in [5.74, 6) is 1.31. The summed E-state index contributed by atoms with van der Waals surface area (Å²) < 4.78 is 5.80. The molecule has 1 fully saturated rings. The number of hydrogen-bond acceptors (Lipinski definition) is 4. The van der Waals surface area contributed by atoms with E-state index < -0.39 is 0 Å². The summed E-state index contributed by atoms with van der Waals surface area (Å²) in [7, 11) is 2.16. The van der Waals surface area contributed by atoms with Gasteiger partial charge in [0.05, 0.1) is 12.2 Å². The molecule has 104 valence electrons. The Morgan fingerprint density at radius 1 is 1.21 bits per heavy atom. The van der Waals surface area contributed by atoms with Crippen molar-refractivity contribution >= 4 is 0 Å². The van der Waals surface area contributed by atoms with Gasteiger partial charge in [0, 0.05) is 32.7 Å². The highest BCUT2D eigenvalue weighted by Crippen LogP contribution is 2.35. The topological polar surface area (TPSA) is 35.9 Å². The fraction of sp³-hybridized carbons (Fsp3) is 0.600. The number of nitrogens with zero attached hydrogens (tertiary/aromatic N) is 2. The van der Waals surface area contributed by atoms with Gasteiger partial charge in [-0.1, -0.05) is 6.07 Å². The summed E-state index contributed by atoms with van der Waals surface area (Å²) in [5.41, 5.74) is 2.22. The minimum absolute atomic E-state index is 0.375. The Labute approximate surface area is 114 Å². The number of likely N-dealkylation sites (N-methyl/N-ethyl adjacent to an activating group) is 1. The molecule has 0 aromatic heterocycles. The summed E-state index contributed by atoms with van der Waals surface area (Å²) in [5, 5.41) is 10.1. The molecule has 0 bridgehead atoms. The maximum atomic E-state index is 10.1. The molecule has 1 saturated heterocycles. The molecule has 0 amide bonds. The number of hydrogen-bond donors (Lipinski definition) is 1. The van der Waals surface area contributed by atoms with Crippen molar-refractivity contribution in [3.8, 4) is 11.5 Å². The maximum Gasteiger partial charge on any atom is 0.130 e. The van der Waals surface area contributed by atoms with Crippen molar-refractivity contribution in [1.29, 1.82) is 0 Å². The van der Waals surface area contributed by atoms with Crippen molar-refractivity contribution in [2.24, 2.45) is 0 Å². The number of fused-ring (bicyclic) bond motifs is 1. The molecule has 0 unspecified atom stereocenters. The van der Waals surface area contributed by atoms with Crippen LogP contribution in [0.15, 0.2) is 12.1 Å². The van der Waals surface area contributed by atoms with Gasteiger partial charge >= 0.3 is 0 Å². The lowest BCUT2D eigenvalue weighted by Gasteiger charge is -2.33. The quantitative estimate of drug-likeness (QED) is 0.875. The van der Waals surface area contributed by atoms with Gasteiger partial charge in [-0.25, -0.2) is 0 Å². The Morgan fingerprint density at radius 2 is 2.00 bits per heavy atom. The van der Waals surface area contributed by atoms with Crippen LogP contribution in [0.3, 0.4) is 0 Å². The summed E-state index contributed by atoms with van der Waals surface area (Å²) in [6, 6.07) is 3.82. The van der Waals surface area contributed by atoms with Gasteiger partial charge in [0.2, 0.25) is 0 Å². The number of aryl methyl sites for hydroxylation is 1. The highest BCUT2D eigenvalue weighted by atomic mass is 16.5. The monoisotopic (exact) mass is 262 g/mol. The van der Waals surface area contributed by atoms with Gasteiger partial charge in [-0.15, -0.1) is 0 Å². The number of phenolic OH excluding ortho intramolecular Hbond substituents is 1. The fourth-order valence-corrected chi connectivity index (χ4v) is 2.86. The molecule has 0 saturated carbocycles. The molecule has 1 aromatic carbocycles. The lowest BCUT2D eigenvalue weighted by atomic mass is 10.0. The van der Waals surface area contributed by atoms with E-state index in [4.69, 9.17) is 4.74 Å². The van der Waals surface area contributed by atoms with E-state index >= 15 is 0 Å². The summed E-state index contributed by atoms with van der Waals surface area (Å²) >= 11 is 0. The molecular formula is C15H22N2O2. The first kappa shape index (κ1) is 12.8. The Bertz CT molecular complexity index is 454. The van der Waals surface area contributed by atoms with Crippen LogP contribution in [-0.2, 0) is 13.0 Å². The number of benzene rings is 1. The zero-order chi connectivity index (χ0) is 13.2. The molecule has 4 heteroatoms. The van der Waals surface area contributed by atoms with Crippen LogP contribution >= 0.6 is 0 Å². The van der Waals surface area contributed by atoms with E-state index in [1.165, 1.54) is 5.56 Å². The van der Waals surface area contributed by atoms with Gasteiger partial charge < -0.3 is 14.7 Å². The lowest BCUT2D eigenvalue weighted by molar-refractivity contribution is 0.145. The second-order valence-electron chi connectivity index (χ2n) is 5.58. The Hall–Kier alpha value is -1.26. The maximum absolute atomic E-state index is 10.1. The number of piperazine rings is 1. The average Bonchev–Trinajstić information content (AvgIpc) is 2.44. The highest BCUT2D eigenvalue weighted by molar-refractivity contribution is 5.50. The molecule has 0 spiro atoms. The molecular weight excluding hydrogens is 240 g/mol. The molecule has 1 N–H and O–H groups in total. The van der Waals surface area contributed by atoms with Gasteiger partial charge in [-0.3, -0.25) is 4.90 Å². The Balaban J connectivity index is 1.80. The number of phenols is 1. The second kappa shape index (κ2) is 5.39. The van der Waals surface area contributed by atoms with E-state index in [0.717, 1.165) is 63.5 Å². The third-order valence-corrected chi connectivity index (χ3v) is 4.13. The second-order valence-corrected chi connectivity index (χ2v) is 5.58. The van der Waals surface area contributed by atoms with E-state index in [0.29, 0.717) is 5.75 Å². The van der Waals surface area contributed by atoms with Crippen molar-refractivity contribution in [2.75, 3.05) is 39.8 Å². The highest BCUT2D eigenvalue weighted by Gasteiger charge is 2.21. The third kappa shape index (κ3) is 2.69. The largest absolute Gasteiger partial charge is 0.507 e. The number of ether oxygens (including phenoxy) is 1. The number of rotatable bonds is 2. The SMILES string of the molecule is CN1CCN(Cc2c(O)ccc3c2OCCC3)CC1. The minimum Gasteiger partial charge on any atom is -0.507 e. The normalized spacial score (nSPS) is 20.9. The zero-order valence-electron chi connectivity index (χ0n) is 11.6. The third-order valence-electron chi connectivity index (χ3n) is 4.13. The fourth-order valence-electron chi connectivity index (χ4n) is 2.86. The van der Waals surface area contributed by atoms with Crippen LogP contribution in [0.1, 0.15) is 17.5 Å². The van der Waals surface area contributed by atoms with Crippen LogP contribution < -0.4 is 4.74 Å². The molecule has 19 heavy (non-hydrogen) atoms. The van der Waals surface area contributed by atoms with Crippen LogP contribution in [0.2, 0.25) is 0 Å². The Morgan fingerprint density at radius 3 is 2.79 bits per heavy atom. The molecule has 2 heterocycles. The average molecular weight is 262 g/mol. The van der Waals surface area contributed by atoms with Crippen molar-refractivity contribution in [3.63, 3.8) is 0 Å². The zero-order valence-corrected chi connectivity index (χ0v) is 11.6. The predicted octanol–water partition coefficient (Wildman–Crippen LogP) is 1.46. The Kier molecular flexibility index (Phi) is 3.62. The van der Waals surface area contributed by atoms with Gasteiger partial charge in [0.25, 0.3) is 0 Å². The first-order valence-corrected chi connectivity index (χ1v) is 7.11. The molecule has 4 nitrogen and oxygen atoms in total. The van der Waals surface area contributed by atoms with Crippen LogP contribution in [0.25, 0.3) is 0 Å². The van der Waals surface area contributed by atoms with Crippen LogP contribution in [0.4, 0.5) is 0 Å². The first-order chi connectivity index (χ1) is 9.24. The van der Waals surface area contributed by atoms with Crippen molar-refractivity contribution < 1.29 is 9.84 Å². The van der Waals surface area contributed by atoms with Crippen molar-refractivity contribution in [2.45, 2.75) is 19.4 Å². The molecule has 0 aliphatic carbocycles. The number of aromatic hydroxyl groups is 1. The van der Waals surface area contributed by atoms with Gasteiger partial charge in [-0.2, -0.15) is 0 Å². The van der Waals surface area contributed by atoms with Crippen molar-refractivity contribution in [3.05, 3.63) is 23.3 Å². The van der Waals surface area contributed by atoms with E-state index in [9.17, 15) is 5.11 Å². The molecule has 2 aliphatic heterocycles. The molecule has 0 atom stereocenters. The summed E-state index contributed by atoms with van der Waals surface area (Å²) in [6.07, 6.45) is 2.14. The van der Waals surface area contributed by atoms with Crippen LogP contribution in [0, 0.1) is 0 Å². The molecule has 2 aliphatic rings. The van der Waals surface area contributed by atoms with Gasteiger partial charge in [0.1, 0.15) is 11.5 Å².